The fourth-order valence-corrected chi connectivity index (χ4v) is 4.27. The lowest BCUT2D eigenvalue weighted by molar-refractivity contribution is 0.574. The maximum Gasteiger partial charge on any atom is 0.266 e. The summed E-state index contributed by atoms with van der Waals surface area (Å²) >= 11 is 5.54. The van der Waals surface area contributed by atoms with Crippen LogP contribution in [0.4, 0.5) is 0 Å². The lowest BCUT2D eigenvalue weighted by Crippen LogP contribution is -2.35. The molecule has 7 nitrogen and oxygen atoms in total. The zero-order chi connectivity index (χ0) is 14.3. The first-order chi connectivity index (χ1) is 8.70. The van der Waals surface area contributed by atoms with Crippen molar-refractivity contribution in [3.05, 3.63) is 39.1 Å². The van der Waals surface area contributed by atoms with E-state index in [4.69, 9.17) is 11.6 Å². The Kier molecular flexibility index (Phi) is 3.56. The molecule has 0 amide bonds. The highest BCUT2D eigenvalue weighted by molar-refractivity contribution is 7.94. The summed E-state index contributed by atoms with van der Waals surface area (Å²) in [5.74, 6) is -0.330. The minimum atomic E-state index is -3.95. The summed E-state index contributed by atoms with van der Waals surface area (Å²) in [6.07, 6.45) is 2.24. The Hall–Kier alpha value is -1.16. The first kappa shape index (κ1) is 14.3. The Morgan fingerprint density at radius 3 is 2.63 bits per heavy atom. The van der Waals surface area contributed by atoms with Crippen LogP contribution in [-0.4, -0.2) is 33.6 Å². The van der Waals surface area contributed by atoms with Crippen molar-refractivity contribution in [2.75, 3.05) is 5.75 Å². The number of aromatic nitrogens is 1. The van der Waals surface area contributed by atoms with E-state index < -0.39 is 31.5 Å². The van der Waals surface area contributed by atoms with E-state index in [0.29, 0.717) is 0 Å². The molecule has 0 bridgehead atoms. The molecule has 0 fully saturated rings. The summed E-state index contributed by atoms with van der Waals surface area (Å²) in [5, 5.41) is 0.692. The summed E-state index contributed by atoms with van der Waals surface area (Å²) in [4.78, 5) is 13.0. The van der Waals surface area contributed by atoms with Gasteiger partial charge in [0.1, 0.15) is 5.02 Å². The third-order valence-electron chi connectivity index (χ3n) is 2.38. The number of pyridine rings is 1. The van der Waals surface area contributed by atoms with E-state index in [1.165, 1.54) is 6.08 Å². The van der Waals surface area contributed by atoms with Crippen LogP contribution in [0.3, 0.4) is 0 Å². The Labute approximate surface area is 114 Å². The summed E-state index contributed by atoms with van der Waals surface area (Å²) in [6.45, 7) is 0. The molecule has 104 valence electrons. The third kappa shape index (κ3) is 3.24. The monoisotopic (exact) mass is 324 g/mol. The van der Waals surface area contributed by atoms with Crippen molar-refractivity contribution >= 4 is 31.5 Å². The quantitative estimate of drug-likeness (QED) is 0.786. The number of sulfone groups is 1. The van der Waals surface area contributed by atoms with Crippen LogP contribution in [0.25, 0.3) is 0 Å². The van der Waals surface area contributed by atoms with Gasteiger partial charge in [-0.3, -0.25) is 4.79 Å². The van der Waals surface area contributed by atoms with Crippen LogP contribution in [-0.2, 0) is 19.9 Å². The average molecular weight is 325 g/mol. The van der Waals surface area contributed by atoms with E-state index in [1.54, 1.807) is 0 Å². The number of nitrogens with one attached hydrogen (secondary N) is 2. The largest absolute Gasteiger partial charge is 0.326 e. The molecule has 2 heterocycles. The van der Waals surface area contributed by atoms with Gasteiger partial charge in [0.25, 0.3) is 5.56 Å². The van der Waals surface area contributed by atoms with Gasteiger partial charge in [0, 0.05) is 11.6 Å². The second-order valence-corrected chi connectivity index (χ2v) is 7.95. The van der Waals surface area contributed by atoms with Crippen LogP contribution in [0.1, 0.15) is 0 Å². The molecular formula is C9H9ClN2O5S2. The Morgan fingerprint density at radius 1 is 1.42 bits per heavy atom. The average Bonchev–Trinajstić information content (AvgIpc) is 2.61. The number of halogens is 1. The smallest absolute Gasteiger partial charge is 0.266 e. The lowest BCUT2D eigenvalue weighted by Gasteiger charge is -2.10. The van der Waals surface area contributed by atoms with Crippen LogP contribution in [0.5, 0.6) is 0 Å². The zero-order valence-corrected chi connectivity index (χ0v) is 11.7. The minimum absolute atomic E-state index is 0.241. The van der Waals surface area contributed by atoms with Gasteiger partial charge in [-0.2, -0.15) is 0 Å². The number of rotatable bonds is 3. The van der Waals surface area contributed by atoms with Crippen molar-refractivity contribution in [3.8, 4) is 0 Å². The SMILES string of the molecule is O=c1[nH]cc(S(=O)(=O)NC2C=CS(=O)(=O)C2)cc1Cl. The molecule has 1 atom stereocenters. The molecule has 1 aliphatic rings. The molecule has 1 aliphatic heterocycles. The summed E-state index contributed by atoms with van der Waals surface area (Å²) in [6, 6.07) is 0.163. The minimum Gasteiger partial charge on any atom is -0.326 e. The van der Waals surface area contributed by atoms with Crippen molar-refractivity contribution in [2.45, 2.75) is 10.9 Å². The summed E-state index contributed by atoms with van der Waals surface area (Å²) in [5.41, 5.74) is -0.607. The van der Waals surface area contributed by atoms with Crippen LogP contribution in [0.2, 0.25) is 5.02 Å². The summed E-state index contributed by atoms with van der Waals surface area (Å²) in [7, 11) is -7.31. The van der Waals surface area contributed by atoms with Crippen molar-refractivity contribution in [1.82, 2.24) is 9.71 Å². The molecule has 10 heteroatoms. The summed E-state index contributed by atoms with van der Waals surface area (Å²) < 4.78 is 48.4. The fraction of sp³-hybridized carbons (Fsp3) is 0.222. The maximum atomic E-state index is 11.9. The molecule has 1 unspecified atom stereocenters. The van der Waals surface area contributed by atoms with E-state index in [9.17, 15) is 21.6 Å². The highest BCUT2D eigenvalue weighted by Crippen LogP contribution is 2.14. The number of H-pyrrole nitrogens is 1. The first-order valence-corrected chi connectivity index (χ1v) is 8.59. The van der Waals surface area contributed by atoms with Gasteiger partial charge in [0.2, 0.25) is 10.0 Å². The molecule has 19 heavy (non-hydrogen) atoms. The highest BCUT2D eigenvalue weighted by Gasteiger charge is 2.27. The highest BCUT2D eigenvalue weighted by atomic mass is 35.5. The van der Waals surface area contributed by atoms with Gasteiger partial charge in [0.05, 0.1) is 16.7 Å². The molecule has 0 spiro atoms. The zero-order valence-electron chi connectivity index (χ0n) is 9.33. The molecule has 0 aliphatic carbocycles. The van der Waals surface area contributed by atoms with Gasteiger partial charge in [-0.15, -0.1) is 0 Å². The van der Waals surface area contributed by atoms with Crippen LogP contribution >= 0.6 is 11.6 Å². The first-order valence-electron chi connectivity index (χ1n) is 5.01. The van der Waals surface area contributed by atoms with E-state index in [1.807, 2.05) is 0 Å². The molecule has 0 aromatic carbocycles. The molecule has 1 aromatic heterocycles. The predicted molar refractivity (Wildman–Crippen MR) is 69.1 cm³/mol. The second kappa shape index (κ2) is 4.75. The number of hydrogen-bond acceptors (Lipinski definition) is 5. The van der Waals surface area contributed by atoms with Crippen molar-refractivity contribution < 1.29 is 16.8 Å². The lowest BCUT2D eigenvalue weighted by atomic mass is 10.4. The van der Waals surface area contributed by atoms with Crippen LogP contribution < -0.4 is 10.3 Å². The van der Waals surface area contributed by atoms with Crippen molar-refractivity contribution in [1.29, 1.82) is 0 Å². The van der Waals surface area contributed by atoms with Gasteiger partial charge in [-0.25, -0.2) is 21.6 Å². The van der Waals surface area contributed by atoms with E-state index in [0.717, 1.165) is 17.7 Å². The molecule has 2 N–H and O–H groups in total. The van der Waals surface area contributed by atoms with Gasteiger partial charge < -0.3 is 4.98 Å². The van der Waals surface area contributed by atoms with E-state index in [2.05, 4.69) is 9.71 Å². The van der Waals surface area contributed by atoms with E-state index >= 15 is 0 Å². The number of aromatic amines is 1. The Balaban J connectivity index is 2.27. The van der Waals surface area contributed by atoms with Gasteiger partial charge in [-0.1, -0.05) is 17.7 Å². The Morgan fingerprint density at radius 2 is 2.11 bits per heavy atom. The molecule has 0 saturated heterocycles. The molecular weight excluding hydrogens is 316 g/mol. The molecule has 2 rings (SSSR count). The fourth-order valence-electron chi connectivity index (χ4n) is 1.51. The van der Waals surface area contributed by atoms with Crippen LogP contribution in [0.15, 0.2) is 33.4 Å². The normalized spacial score (nSPS) is 21.6. The van der Waals surface area contributed by atoms with Gasteiger partial charge in [-0.05, 0) is 6.07 Å². The number of hydrogen-bond donors (Lipinski definition) is 2. The van der Waals surface area contributed by atoms with Crippen molar-refractivity contribution in [3.63, 3.8) is 0 Å². The Bertz CT molecular complexity index is 794. The number of sulfonamides is 1. The second-order valence-electron chi connectivity index (χ2n) is 3.90. The van der Waals surface area contributed by atoms with E-state index in [-0.39, 0.29) is 15.7 Å². The molecule has 0 saturated carbocycles. The van der Waals surface area contributed by atoms with Crippen molar-refractivity contribution in [2.24, 2.45) is 0 Å². The molecule has 0 radical (unpaired) electrons. The van der Waals surface area contributed by atoms with Gasteiger partial charge in [0.15, 0.2) is 9.84 Å². The maximum absolute atomic E-state index is 11.9. The standard InChI is InChI=1S/C9H9ClN2O5S2/c10-8-3-7(4-11-9(8)13)19(16,17)12-6-1-2-18(14,15)5-6/h1-4,6,12H,5H2,(H,11,13). The van der Waals surface area contributed by atoms with Gasteiger partial charge >= 0.3 is 0 Å². The molecule has 1 aromatic rings. The predicted octanol–water partition coefficient (Wildman–Crippen LogP) is -0.383. The topological polar surface area (TPSA) is 113 Å². The third-order valence-corrected chi connectivity index (χ3v) is 5.52. The van der Waals surface area contributed by atoms with Crippen LogP contribution in [0, 0.1) is 0 Å².